The fourth-order valence-electron chi connectivity index (χ4n) is 2.54. The van der Waals surface area contributed by atoms with Gasteiger partial charge in [-0.1, -0.05) is 12.8 Å². The van der Waals surface area contributed by atoms with Crippen molar-refractivity contribution in [2.24, 2.45) is 0 Å². The van der Waals surface area contributed by atoms with Crippen LogP contribution in [0.25, 0.3) is 0 Å². The Kier molecular flexibility index (Phi) is 5.69. The second-order valence-electron chi connectivity index (χ2n) is 5.07. The molecule has 1 aliphatic carbocycles. The van der Waals surface area contributed by atoms with Crippen LogP contribution in [0.2, 0.25) is 0 Å². The molecule has 1 aliphatic rings. The molecule has 1 rings (SSSR count). The molecule has 0 heterocycles. The first kappa shape index (κ1) is 13.9. The van der Waals surface area contributed by atoms with E-state index in [4.69, 9.17) is 0 Å². The SMILES string of the molecule is CC(O)CN(CC(C)O)[C@H]1CCCC[C@@H]1O. The fraction of sp³-hybridized carbons (Fsp3) is 1.00. The number of hydrogen-bond acceptors (Lipinski definition) is 4. The third-order valence-corrected chi connectivity index (χ3v) is 3.16. The minimum absolute atomic E-state index is 0.0953. The molecule has 0 aromatic heterocycles. The highest BCUT2D eigenvalue weighted by Gasteiger charge is 2.29. The molecular formula is C12H25NO3. The molecule has 0 aromatic rings. The minimum Gasteiger partial charge on any atom is -0.392 e. The van der Waals surface area contributed by atoms with E-state index in [0.717, 1.165) is 25.7 Å². The lowest BCUT2D eigenvalue weighted by molar-refractivity contribution is -0.0161. The summed E-state index contributed by atoms with van der Waals surface area (Å²) in [5.74, 6) is 0. The monoisotopic (exact) mass is 231 g/mol. The van der Waals surface area contributed by atoms with Crippen LogP contribution >= 0.6 is 0 Å². The molecule has 1 fully saturated rings. The van der Waals surface area contributed by atoms with Gasteiger partial charge in [0.05, 0.1) is 18.3 Å². The van der Waals surface area contributed by atoms with Crippen LogP contribution in [0.4, 0.5) is 0 Å². The molecule has 0 bridgehead atoms. The van der Waals surface area contributed by atoms with Crippen molar-refractivity contribution < 1.29 is 15.3 Å². The summed E-state index contributed by atoms with van der Waals surface area (Å²) in [6.45, 7) is 4.52. The van der Waals surface area contributed by atoms with Gasteiger partial charge in [0.15, 0.2) is 0 Å². The van der Waals surface area contributed by atoms with Crippen LogP contribution in [0.1, 0.15) is 39.5 Å². The second kappa shape index (κ2) is 6.55. The summed E-state index contributed by atoms with van der Waals surface area (Å²) in [6, 6.07) is 0.0953. The molecule has 2 unspecified atom stereocenters. The predicted molar refractivity (Wildman–Crippen MR) is 63.2 cm³/mol. The van der Waals surface area contributed by atoms with Crippen molar-refractivity contribution in [2.75, 3.05) is 13.1 Å². The van der Waals surface area contributed by atoms with Crippen LogP contribution in [0.15, 0.2) is 0 Å². The Morgan fingerprint density at radius 1 is 1.06 bits per heavy atom. The summed E-state index contributed by atoms with van der Waals surface area (Å²) in [7, 11) is 0. The van der Waals surface area contributed by atoms with E-state index in [1.165, 1.54) is 0 Å². The van der Waals surface area contributed by atoms with Crippen molar-refractivity contribution in [1.82, 2.24) is 4.90 Å². The zero-order valence-corrected chi connectivity index (χ0v) is 10.3. The molecule has 0 radical (unpaired) electrons. The number of aliphatic hydroxyl groups excluding tert-OH is 3. The summed E-state index contributed by atoms with van der Waals surface area (Å²) in [5.41, 5.74) is 0. The summed E-state index contributed by atoms with van der Waals surface area (Å²) in [6.07, 6.45) is 2.83. The van der Waals surface area contributed by atoms with E-state index in [1.54, 1.807) is 13.8 Å². The second-order valence-corrected chi connectivity index (χ2v) is 5.07. The highest BCUT2D eigenvalue weighted by Crippen LogP contribution is 2.23. The molecule has 0 spiro atoms. The smallest absolute Gasteiger partial charge is 0.0695 e. The van der Waals surface area contributed by atoms with Gasteiger partial charge in [0, 0.05) is 19.1 Å². The highest BCUT2D eigenvalue weighted by atomic mass is 16.3. The molecule has 4 heteroatoms. The molecule has 4 atom stereocenters. The first-order valence-electron chi connectivity index (χ1n) is 6.29. The van der Waals surface area contributed by atoms with Crippen LogP contribution < -0.4 is 0 Å². The number of aliphatic hydroxyl groups is 3. The number of hydrogen-bond donors (Lipinski definition) is 3. The van der Waals surface area contributed by atoms with Gasteiger partial charge in [0.25, 0.3) is 0 Å². The Hall–Kier alpha value is -0.160. The third-order valence-electron chi connectivity index (χ3n) is 3.16. The van der Waals surface area contributed by atoms with Gasteiger partial charge in [-0.3, -0.25) is 4.90 Å². The first-order valence-corrected chi connectivity index (χ1v) is 6.29. The van der Waals surface area contributed by atoms with E-state index in [9.17, 15) is 15.3 Å². The summed E-state index contributed by atoms with van der Waals surface area (Å²) < 4.78 is 0. The van der Waals surface area contributed by atoms with Crippen molar-refractivity contribution in [3.63, 3.8) is 0 Å². The van der Waals surface area contributed by atoms with Gasteiger partial charge >= 0.3 is 0 Å². The highest BCUT2D eigenvalue weighted by molar-refractivity contribution is 4.84. The van der Waals surface area contributed by atoms with Gasteiger partial charge in [-0.2, -0.15) is 0 Å². The molecule has 0 aromatic carbocycles. The van der Waals surface area contributed by atoms with Gasteiger partial charge < -0.3 is 15.3 Å². The summed E-state index contributed by atoms with van der Waals surface area (Å²) in [5, 5.41) is 28.9. The lowest BCUT2D eigenvalue weighted by Gasteiger charge is -2.38. The molecule has 0 amide bonds. The average Bonchev–Trinajstić information content (AvgIpc) is 2.15. The molecule has 4 nitrogen and oxygen atoms in total. The van der Waals surface area contributed by atoms with Crippen LogP contribution in [-0.2, 0) is 0 Å². The molecule has 96 valence electrons. The van der Waals surface area contributed by atoms with Crippen LogP contribution in [0.5, 0.6) is 0 Å². The average molecular weight is 231 g/mol. The minimum atomic E-state index is -0.423. The topological polar surface area (TPSA) is 63.9 Å². The Balaban J connectivity index is 2.58. The zero-order chi connectivity index (χ0) is 12.1. The Bertz CT molecular complexity index is 187. The van der Waals surface area contributed by atoms with Gasteiger partial charge in [-0.25, -0.2) is 0 Å². The Labute approximate surface area is 97.9 Å². The lowest BCUT2D eigenvalue weighted by Crippen LogP contribution is -2.50. The maximum atomic E-state index is 9.96. The Morgan fingerprint density at radius 3 is 2.00 bits per heavy atom. The van der Waals surface area contributed by atoms with E-state index in [-0.39, 0.29) is 12.1 Å². The first-order chi connectivity index (χ1) is 7.50. The van der Waals surface area contributed by atoms with Gasteiger partial charge in [0.2, 0.25) is 0 Å². The van der Waals surface area contributed by atoms with E-state index in [1.807, 2.05) is 4.90 Å². The number of rotatable bonds is 5. The molecular weight excluding hydrogens is 206 g/mol. The Morgan fingerprint density at radius 2 is 1.56 bits per heavy atom. The predicted octanol–water partition coefficient (Wildman–Crippen LogP) is 0.353. The quantitative estimate of drug-likeness (QED) is 0.639. The normalized spacial score (nSPS) is 30.4. The standard InChI is InChI=1S/C12H25NO3/c1-9(14)7-13(8-10(2)15)11-5-3-4-6-12(11)16/h9-12,14-16H,3-8H2,1-2H3/t9?,10?,11-,12-/m0/s1. The van der Waals surface area contributed by atoms with Crippen molar-refractivity contribution in [3.05, 3.63) is 0 Å². The van der Waals surface area contributed by atoms with E-state index in [2.05, 4.69) is 0 Å². The molecule has 1 saturated carbocycles. The van der Waals surface area contributed by atoms with Crippen LogP contribution in [-0.4, -0.2) is 57.7 Å². The van der Waals surface area contributed by atoms with E-state index in [0.29, 0.717) is 13.1 Å². The van der Waals surface area contributed by atoms with Gasteiger partial charge in [0.1, 0.15) is 0 Å². The number of nitrogens with zero attached hydrogens (tertiary/aromatic N) is 1. The zero-order valence-electron chi connectivity index (χ0n) is 10.3. The van der Waals surface area contributed by atoms with Gasteiger partial charge in [-0.05, 0) is 26.7 Å². The molecule has 16 heavy (non-hydrogen) atoms. The van der Waals surface area contributed by atoms with Crippen molar-refractivity contribution in [3.8, 4) is 0 Å². The van der Waals surface area contributed by atoms with Crippen molar-refractivity contribution in [2.45, 2.75) is 63.9 Å². The van der Waals surface area contributed by atoms with Crippen molar-refractivity contribution in [1.29, 1.82) is 0 Å². The van der Waals surface area contributed by atoms with Crippen LogP contribution in [0.3, 0.4) is 0 Å². The van der Waals surface area contributed by atoms with E-state index >= 15 is 0 Å². The van der Waals surface area contributed by atoms with E-state index < -0.39 is 12.2 Å². The lowest BCUT2D eigenvalue weighted by atomic mass is 9.91. The van der Waals surface area contributed by atoms with Crippen molar-refractivity contribution >= 4 is 0 Å². The maximum absolute atomic E-state index is 9.96. The maximum Gasteiger partial charge on any atom is 0.0695 e. The molecule has 0 saturated heterocycles. The molecule has 0 aliphatic heterocycles. The van der Waals surface area contributed by atoms with Gasteiger partial charge in [-0.15, -0.1) is 0 Å². The third kappa shape index (κ3) is 4.37. The summed E-state index contributed by atoms with van der Waals surface area (Å²) in [4.78, 5) is 2.03. The molecule has 3 N–H and O–H groups in total. The summed E-state index contributed by atoms with van der Waals surface area (Å²) >= 11 is 0. The fourth-order valence-corrected chi connectivity index (χ4v) is 2.54. The largest absolute Gasteiger partial charge is 0.392 e. The van der Waals surface area contributed by atoms with Crippen LogP contribution in [0, 0.1) is 0 Å².